The normalized spacial score (nSPS) is 14.1. The minimum Gasteiger partial charge on any atom is -0.490 e. The minimum atomic E-state index is -0.734. The Kier molecular flexibility index (Phi) is 3.52. The van der Waals surface area contributed by atoms with Crippen molar-refractivity contribution in [1.82, 2.24) is 0 Å². The Morgan fingerprint density at radius 1 is 1.53 bits per heavy atom. The zero-order valence-corrected chi connectivity index (χ0v) is 9.98. The lowest BCUT2D eigenvalue weighted by Gasteiger charge is -2.31. The number of carboxylic acids is 1. The van der Waals surface area contributed by atoms with Crippen LogP contribution in [-0.2, 0) is 4.79 Å². The first-order chi connectivity index (χ1) is 8.16. The van der Waals surface area contributed by atoms with Gasteiger partial charge >= 0.3 is 5.97 Å². The van der Waals surface area contributed by atoms with E-state index < -0.39 is 5.97 Å². The van der Waals surface area contributed by atoms with Gasteiger partial charge in [0.15, 0.2) is 0 Å². The van der Waals surface area contributed by atoms with Crippen LogP contribution in [0.5, 0.6) is 5.75 Å². The van der Waals surface area contributed by atoms with E-state index in [0.717, 1.165) is 24.5 Å². The molecule has 0 aliphatic carbocycles. The summed E-state index contributed by atoms with van der Waals surface area (Å²) >= 11 is 0. The standard InChI is InChI=1S/C13H17NO3/c1-10-4-5-11-12(9-10)17-8-7-14(11)6-2-3-13(15)16/h4-5,9H,2-3,6-8H2,1H3,(H,15,16). The second kappa shape index (κ2) is 5.08. The van der Waals surface area contributed by atoms with Crippen LogP contribution in [0, 0.1) is 6.92 Å². The molecule has 17 heavy (non-hydrogen) atoms. The molecule has 0 amide bonds. The third-order valence-corrected chi connectivity index (χ3v) is 2.89. The minimum absolute atomic E-state index is 0.221. The molecule has 4 nitrogen and oxygen atoms in total. The zero-order valence-electron chi connectivity index (χ0n) is 9.98. The van der Waals surface area contributed by atoms with Crippen LogP contribution in [0.15, 0.2) is 18.2 Å². The molecule has 0 bridgehead atoms. The number of hydrogen-bond acceptors (Lipinski definition) is 3. The molecule has 1 aliphatic rings. The fourth-order valence-corrected chi connectivity index (χ4v) is 2.04. The van der Waals surface area contributed by atoms with Crippen LogP contribution in [0.25, 0.3) is 0 Å². The van der Waals surface area contributed by atoms with Crippen molar-refractivity contribution in [2.75, 3.05) is 24.6 Å². The second-order valence-corrected chi connectivity index (χ2v) is 4.30. The smallest absolute Gasteiger partial charge is 0.303 e. The summed E-state index contributed by atoms with van der Waals surface area (Å²) < 4.78 is 5.60. The monoisotopic (exact) mass is 235 g/mol. The predicted molar refractivity (Wildman–Crippen MR) is 65.8 cm³/mol. The molecule has 1 aromatic rings. The number of carboxylic acid groups (broad SMARTS) is 1. The van der Waals surface area contributed by atoms with Gasteiger partial charge in [-0.3, -0.25) is 4.79 Å². The maximum atomic E-state index is 10.5. The molecule has 1 aliphatic heterocycles. The van der Waals surface area contributed by atoms with E-state index >= 15 is 0 Å². The van der Waals surface area contributed by atoms with Gasteiger partial charge in [0.25, 0.3) is 0 Å². The molecule has 0 radical (unpaired) electrons. The lowest BCUT2D eigenvalue weighted by molar-refractivity contribution is -0.137. The van der Waals surface area contributed by atoms with Crippen LogP contribution in [0.3, 0.4) is 0 Å². The molecule has 0 spiro atoms. The van der Waals surface area contributed by atoms with E-state index in [1.54, 1.807) is 0 Å². The quantitative estimate of drug-likeness (QED) is 0.867. The fraction of sp³-hybridized carbons (Fsp3) is 0.462. The topological polar surface area (TPSA) is 49.8 Å². The number of benzene rings is 1. The summed E-state index contributed by atoms with van der Waals surface area (Å²) in [4.78, 5) is 12.7. The molecule has 0 fully saturated rings. The van der Waals surface area contributed by atoms with Crippen LogP contribution in [-0.4, -0.2) is 30.8 Å². The number of nitrogens with zero attached hydrogens (tertiary/aromatic N) is 1. The molecule has 1 aromatic carbocycles. The van der Waals surface area contributed by atoms with E-state index in [2.05, 4.69) is 11.0 Å². The highest BCUT2D eigenvalue weighted by atomic mass is 16.5. The Balaban J connectivity index is 2.04. The average molecular weight is 235 g/mol. The van der Waals surface area contributed by atoms with Crippen molar-refractivity contribution in [2.45, 2.75) is 19.8 Å². The Bertz CT molecular complexity index is 417. The first kappa shape index (κ1) is 11.8. The largest absolute Gasteiger partial charge is 0.490 e. The van der Waals surface area contributed by atoms with E-state index in [9.17, 15) is 4.79 Å². The van der Waals surface area contributed by atoms with Crippen molar-refractivity contribution in [3.8, 4) is 5.75 Å². The molecule has 4 heteroatoms. The van der Waals surface area contributed by atoms with Crippen LogP contribution in [0.1, 0.15) is 18.4 Å². The Hall–Kier alpha value is -1.71. The zero-order chi connectivity index (χ0) is 12.3. The third-order valence-electron chi connectivity index (χ3n) is 2.89. The Morgan fingerprint density at radius 2 is 2.35 bits per heavy atom. The summed E-state index contributed by atoms with van der Waals surface area (Å²) in [6.07, 6.45) is 0.890. The highest BCUT2D eigenvalue weighted by Gasteiger charge is 2.17. The summed E-state index contributed by atoms with van der Waals surface area (Å²) in [5, 5.41) is 8.63. The molecule has 0 saturated heterocycles. The molecular formula is C13H17NO3. The first-order valence-electron chi connectivity index (χ1n) is 5.87. The van der Waals surface area contributed by atoms with Crippen LogP contribution < -0.4 is 9.64 Å². The van der Waals surface area contributed by atoms with Crippen LogP contribution in [0.4, 0.5) is 5.69 Å². The lowest BCUT2D eigenvalue weighted by Crippen LogP contribution is -2.33. The number of carbonyl (C=O) groups is 1. The predicted octanol–water partition coefficient (Wildman–Crippen LogP) is 2.06. The molecule has 1 N–H and O–H groups in total. The fourth-order valence-electron chi connectivity index (χ4n) is 2.04. The van der Waals surface area contributed by atoms with Crippen molar-refractivity contribution < 1.29 is 14.6 Å². The van der Waals surface area contributed by atoms with Gasteiger partial charge in [-0.15, -0.1) is 0 Å². The van der Waals surface area contributed by atoms with Gasteiger partial charge in [-0.25, -0.2) is 0 Å². The number of fused-ring (bicyclic) bond motifs is 1. The van der Waals surface area contributed by atoms with Crippen molar-refractivity contribution in [3.63, 3.8) is 0 Å². The van der Waals surface area contributed by atoms with Gasteiger partial charge in [-0.2, -0.15) is 0 Å². The van der Waals surface area contributed by atoms with Gasteiger partial charge in [0.2, 0.25) is 0 Å². The Morgan fingerprint density at radius 3 is 3.12 bits per heavy atom. The van der Waals surface area contributed by atoms with Crippen LogP contribution in [0.2, 0.25) is 0 Å². The summed E-state index contributed by atoms with van der Waals surface area (Å²) in [6.45, 7) is 4.30. The highest BCUT2D eigenvalue weighted by molar-refractivity contribution is 5.67. The molecule has 2 rings (SSSR count). The molecule has 0 saturated carbocycles. The van der Waals surface area contributed by atoms with E-state index in [1.807, 2.05) is 19.1 Å². The summed E-state index contributed by atoms with van der Waals surface area (Å²) in [5.41, 5.74) is 2.25. The first-order valence-corrected chi connectivity index (χ1v) is 5.87. The van der Waals surface area contributed by atoms with Gasteiger partial charge in [0.05, 0.1) is 12.2 Å². The van der Waals surface area contributed by atoms with Gasteiger partial charge in [0.1, 0.15) is 12.4 Å². The molecule has 1 heterocycles. The van der Waals surface area contributed by atoms with E-state index in [1.165, 1.54) is 5.56 Å². The molecule has 0 unspecified atom stereocenters. The van der Waals surface area contributed by atoms with E-state index in [0.29, 0.717) is 13.0 Å². The van der Waals surface area contributed by atoms with Gasteiger partial charge in [-0.1, -0.05) is 6.07 Å². The third kappa shape index (κ3) is 2.90. The maximum absolute atomic E-state index is 10.5. The summed E-state index contributed by atoms with van der Waals surface area (Å²) in [5.74, 6) is 0.175. The molecule has 92 valence electrons. The number of aryl methyl sites for hydroxylation is 1. The van der Waals surface area contributed by atoms with E-state index in [4.69, 9.17) is 9.84 Å². The van der Waals surface area contributed by atoms with Gasteiger partial charge < -0.3 is 14.7 Å². The van der Waals surface area contributed by atoms with E-state index in [-0.39, 0.29) is 6.42 Å². The maximum Gasteiger partial charge on any atom is 0.303 e. The van der Waals surface area contributed by atoms with Crippen LogP contribution >= 0.6 is 0 Å². The molecular weight excluding hydrogens is 218 g/mol. The number of aliphatic carboxylic acids is 1. The lowest BCUT2D eigenvalue weighted by atomic mass is 10.1. The number of anilines is 1. The van der Waals surface area contributed by atoms with Crippen molar-refractivity contribution in [1.29, 1.82) is 0 Å². The average Bonchev–Trinajstić information content (AvgIpc) is 2.28. The highest BCUT2D eigenvalue weighted by Crippen LogP contribution is 2.32. The second-order valence-electron chi connectivity index (χ2n) is 4.30. The van der Waals surface area contributed by atoms with Crippen molar-refractivity contribution in [2.24, 2.45) is 0 Å². The number of hydrogen-bond donors (Lipinski definition) is 1. The van der Waals surface area contributed by atoms with Gasteiger partial charge in [-0.05, 0) is 31.0 Å². The molecule has 0 atom stereocenters. The summed E-state index contributed by atoms with van der Waals surface area (Å²) in [6, 6.07) is 6.13. The SMILES string of the molecule is Cc1ccc2c(c1)OCCN2CCCC(=O)O. The Labute approximate surface area is 101 Å². The van der Waals surface area contributed by atoms with Gasteiger partial charge in [0, 0.05) is 13.0 Å². The number of ether oxygens (including phenoxy) is 1. The molecule has 0 aromatic heterocycles. The summed E-state index contributed by atoms with van der Waals surface area (Å²) in [7, 11) is 0. The van der Waals surface area contributed by atoms with Crippen molar-refractivity contribution >= 4 is 11.7 Å². The van der Waals surface area contributed by atoms with Crippen molar-refractivity contribution in [3.05, 3.63) is 23.8 Å². The number of rotatable bonds is 4.